The minimum atomic E-state index is -1.07. The Morgan fingerprint density at radius 3 is 1.80 bits per heavy atom. The number of benzene rings is 2. The molecular formula is C33H46N2O6. The van der Waals surface area contributed by atoms with Gasteiger partial charge < -0.3 is 20.1 Å². The lowest BCUT2D eigenvalue weighted by molar-refractivity contribution is -0.150. The number of carbonyl (C=O) groups is 4. The van der Waals surface area contributed by atoms with Gasteiger partial charge in [0.05, 0.1) is 0 Å². The van der Waals surface area contributed by atoms with E-state index in [-0.39, 0.29) is 32.0 Å². The van der Waals surface area contributed by atoms with Gasteiger partial charge in [-0.15, -0.1) is 0 Å². The molecule has 224 valence electrons. The Labute approximate surface area is 244 Å². The molecule has 0 aliphatic rings. The Bertz CT molecular complexity index is 1040. The summed E-state index contributed by atoms with van der Waals surface area (Å²) in [5.74, 6) is -1.81. The summed E-state index contributed by atoms with van der Waals surface area (Å²) in [5, 5.41) is 5.49. The van der Waals surface area contributed by atoms with Crippen molar-refractivity contribution in [2.45, 2.75) is 110 Å². The molecule has 8 heteroatoms. The number of esters is 2. The molecule has 0 heterocycles. The molecule has 0 spiro atoms. The monoisotopic (exact) mass is 566 g/mol. The van der Waals surface area contributed by atoms with Crippen molar-refractivity contribution in [2.75, 3.05) is 0 Å². The molecule has 0 aliphatic carbocycles. The van der Waals surface area contributed by atoms with Gasteiger partial charge in [-0.1, -0.05) is 113 Å². The second-order valence-corrected chi connectivity index (χ2v) is 10.2. The van der Waals surface area contributed by atoms with E-state index in [0.717, 1.165) is 30.4 Å². The first-order valence-electron chi connectivity index (χ1n) is 14.9. The fourth-order valence-electron chi connectivity index (χ4n) is 4.29. The zero-order valence-electron chi connectivity index (χ0n) is 24.6. The average Bonchev–Trinajstić information content (AvgIpc) is 3.00. The summed E-state index contributed by atoms with van der Waals surface area (Å²) in [4.78, 5) is 50.9. The third-order valence-electron chi connectivity index (χ3n) is 6.77. The summed E-state index contributed by atoms with van der Waals surface area (Å²) in [6.45, 7) is 4.14. The molecule has 8 nitrogen and oxygen atoms in total. The molecule has 0 radical (unpaired) electrons. The third kappa shape index (κ3) is 14.5. The molecule has 0 aromatic heterocycles. The van der Waals surface area contributed by atoms with Crippen LogP contribution in [0.25, 0.3) is 0 Å². The zero-order chi connectivity index (χ0) is 29.7. The molecule has 2 N–H and O–H groups in total. The normalized spacial score (nSPS) is 12.1. The number of hydrogen-bond acceptors (Lipinski definition) is 6. The van der Waals surface area contributed by atoms with Gasteiger partial charge in [0.15, 0.2) is 0 Å². The first kappa shape index (κ1) is 33.5. The number of amides is 2. The van der Waals surface area contributed by atoms with Gasteiger partial charge in [-0.3, -0.25) is 14.4 Å². The fraction of sp³-hybridized carbons (Fsp3) is 0.515. The molecule has 2 rings (SSSR count). The van der Waals surface area contributed by atoms with Crippen LogP contribution in [0.4, 0.5) is 0 Å². The summed E-state index contributed by atoms with van der Waals surface area (Å²) in [6.07, 6.45) is 8.34. The largest absolute Gasteiger partial charge is 0.461 e. The van der Waals surface area contributed by atoms with E-state index in [0.29, 0.717) is 12.8 Å². The molecule has 0 unspecified atom stereocenters. The van der Waals surface area contributed by atoms with Gasteiger partial charge in [-0.05, 0) is 30.4 Å². The Hall–Kier alpha value is -3.68. The zero-order valence-corrected chi connectivity index (χ0v) is 24.6. The van der Waals surface area contributed by atoms with Crippen LogP contribution in [0.5, 0.6) is 0 Å². The van der Waals surface area contributed by atoms with Crippen LogP contribution in [0, 0.1) is 0 Å². The first-order valence-corrected chi connectivity index (χ1v) is 14.9. The van der Waals surface area contributed by atoms with Crippen molar-refractivity contribution in [3.63, 3.8) is 0 Å². The van der Waals surface area contributed by atoms with Crippen molar-refractivity contribution >= 4 is 23.8 Å². The van der Waals surface area contributed by atoms with Gasteiger partial charge in [0.1, 0.15) is 25.3 Å². The lowest BCUT2D eigenvalue weighted by Gasteiger charge is -2.22. The average molecular weight is 567 g/mol. The van der Waals surface area contributed by atoms with Crippen LogP contribution < -0.4 is 10.6 Å². The second-order valence-electron chi connectivity index (χ2n) is 10.2. The molecule has 0 saturated carbocycles. The molecule has 41 heavy (non-hydrogen) atoms. The summed E-state index contributed by atoms with van der Waals surface area (Å²) < 4.78 is 10.8. The molecular weight excluding hydrogens is 520 g/mol. The Morgan fingerprint density at radius 1 is 0.659 bits per heavy atom. The van der Waals surface area contributed by atoms with E-state index in [1.807, 2.05) is 60.7 Å². The minimum Gasteiger partial charge on any atom is -0.461 e. The molecule has 0 fully saturated rings. The van der Waals surface area contributed by atoms with Crippen LogP contribution in [0.1, 0.15) is 95.6 Å². The van der Waals surface area contributed by atoms with Gasteiger partial charge in [-0.2, -0.15) is 0 Å². The molecule has 2 amide bonds. The van der Waals surface area contributed by atoms with E-state index in [1.54, 1.807) is 6.92 Å². The second kappa shape index (κ2) is 20.2. The van der Waals surface area contributed by atoms with Crippen molar-refractivity contribution < 1.29 is 28.7 Å². The predicted molar refractivity (Wildman–Crippen MR) is 158 cm³/mol. The summed E-state index contributed by atoms with van der Waals surface area (Å²) in [6, 6.07) is 16.6. The van der Waals surface area contributed by atoms with E-state index >= 15 is 0 Å². The molecule has 2 atom stereocenters. The molecule has 0 bridgehead atoms. The molecule has 2 aromatic rings. The van der Waals surface area contributed by atoms with Crippen LogP contribution in [0.15, 0.2) is 60.7 Å². The number of unbranched alkanes of at least 4 members (excludes halogenated alkanes) is 6. The van der Waals surface area contributed by atoms with Crippen molar-refractivity contribution in [3.05, 3.63) is 71.8 Å². The first-order chi connectivity index (χ1) is 19.9. The SMILES string of the molecule is CCCCCCCCCC(=O)N[C@@H](CC)C(=O)N[C@H](CCC(=O)OCc1ccccc1)C(=O)OCc1ccccc1. The van der Waals surface area contributed by atoms with Gasteiger partial charge >= 0.3 is 11.9 Å². The maximum absolute atomic E-state index is 13.1. The van der Waals surface area contributed by atoms with E-state index in [4.69, 9.17) is 9.47 Å². The summed E-state index contributed by atoms with van der Waals surface area (Å²) >= 11 is 0. The third-order valence-corrected chi connectivity index (χ3v) is 6.77. The highest BCUT2D eigenvalue weighted by molar-refractivity contribution is 5.90. The van der Waals surface area contributed by atoms with Crippen LogP contribution in [-0.4, -0.2) is 35.8 Å². The summed E-state index contributed by atoms with van der Waals surface area (Å²) in [7, 11) is 0. The highest BCUT2D eigenvalue weighted by atomic mass is 16.5. The smallest absolute Gasteiger partial charge is 0.328 e. The van der Waals surface area contributed by atoms with E-state index in [9.17, 15) is 19.2 Å². The number of rotatable bonds is 20. The minimum absolute atomic E-state index is 0.00932. The number of carbonyl (C=O) groups excluding carboxylic acids is 4. The van der Waals surface area contributed by atoms with Crippen LogP contribution in [0.2, 0.25) is 0 Å². The van der Waals surface area contributed by atoms with Gasteiger partial charge in [0.25, 0.3) is 0 Å². The quantitative estimate of drug-likeness (QED) is 0.155. The Kier molecular flexibility index (Phi) is 16.5. The van der Waals surface area contributed by atoms with E-state index in [2.05, 4.69) is 17.6 Å². The van der Waals surface area contributed by atoms with Gasteiger partial charge in [0.2, 0.25) is 11.8 Å². The van der Waals surface area contributed by atoms with Crippen molar-refractivity contribution in [1.82, 2.24) is 10.6 Å². The number of hydrogen-bond donors (Lipinski definition) is 2. The van der Waals surface area contributed by atoms with Crippen LogP contribution in [0.3, 0.4) is 0 Å². The standard InChI is InChI=1S/C33H46N2O6/c1-3-5-6-7-8-9-16-21-30(36)34-28(4-2)32(38)35-29(33(39)41-25-27-19-14-11-15-20-27)22-23-31(37)40-24-26-17-12-10-13-18-26/h10-15,17-20,28-29H,3-9,16,21-25H2,1-2H3,(H,34,36)(H,35,38)/t28-,29+/m0/s1. The van der Waals surface area contributed by atoms with Crippen molar-refractivity contribution in [3.8, 4) is 0 Å². The van der Waals surface area contributed by atoms with Crippen LogP contribution >= 0.6 is 0 Å². The lowest BCUT2D eigenvalue weighted by Crippen LogP contribution is -2.51. The molecule has 2 aromatic carbocycles. The fourth-order valence-corrected chi connectivity index (χ4v) is 4.29. The highest BCUT2D eigenvalue weighted by Gasteiger charge is 2.27. The summed E-state index contributed by atoms with van der Waals surface area (Å²) in [5.41, 5.74) is 1.66. The van der Waals surface area contributed by atoms with Crippen molar-refractivity contribution in [1.29, 1.82) is 0 Å². The highest BCUT2D eigenvalue weighted by Crippen LogP contribution is 2.10. The van der Waals surface area contributed by atoms with Gasteiger partial charge in [0, 0.05) is 12.8 Å². The number of ether oxygens (including phenoxy) is 2. The van der Waals surface area contributed by atoms with Crippen molar-refractivity contribution in [2.24, 2.45) is 0 Å². The predicted octanol–water partition coefficient (Wildman–Crippen LogP) is 5.77. The van der Waals surface area contributed by atoms with Crippen LogP contribution in [-0.2, 0) is 41.9 Å². The maximum atomic E-state index is 13.1. The topological polar surface area (TPSA) is 111 Å². The van der Waals surface area contributed by atoms with Gasteiger partial charge in [-0.25, -0.2) is 4.79 Å². The Morgan fingerprint density at radius 2 is 1.22 bits per heavy atom. The number of nitrogens with one attached hydrogen (secondary N) is 2. The van der Waals surface area contributed by atoms with E-state index < -0.39 is 29.9 Å². The maximum Gasteiger partial charge on any atom is 0.328 e. The molecule has 0 saturated heterocycles. The lowest BCUT2D eigenvalue weighted by atomic mass is 10.1. The molecule has 0 aliphatic heterocycles. The Balaban J connectivity index is 1.89. The van der Waals surface area contributed by atoms with E-state index in [1.165, 1.54) is 25.7 Å².